The average molecular weight is 1160 g/mol. The lowest BCUT2D eigenvalue weighted by Crippen LogP contribution is -2.30. The zero-order valence-corrected chi connectivity index (χ0v) is 55.2. The van der Waals surface area contributed by atoms with Crippen LogP contribution in [0.15, 0.2) is 85.1 Å². The van der Waals surface area contributed by atoms with Gasteiger partial charge in [-0.05, 0) is 116 Å². The molecule has 0 aliphatic heterocycles. The van der Waals surface area contributed by atoms with Crippen molar-refractivity contribution in [2.24, 2.45) is 0 Å². The van der Waals surface area contributed by atoms with Crippen molar-refractivity contribution in [2.45, 2.75) is 374 Å². The first kappa shape index (κ1) is 79.6. The van der Waals surface area contributed by atoms with Gasteiger partial charge in [0.1, 0.15) is 13.2 Å². The molecule has 480 valence electrons. The lowest BCUT2D eigenvalue weighted by Gasteiger charge is -2.18. The van der Waals surface area contributed by atoms with Gasteiger partial charge in [0.2, 0.25) is 0 Å². The third kappa shape index (κ3) is 69.3. The van der Waals surface area contributed by atoms with E-state index < -0.39 is 6.10 Å². The molecule has 0 saturated carbocycles. The van der Waals surface area contributed by atoms with Gasteiger partial charge in [0.25, 0.3) is 0 Å². The zero-order valence-electron chi connectivity index (χ0n) is 55.2. The lowest BCUT2D eigenvalue weighted by molar-refractivity contribution is -0.167. The highest BCUT2D eigenvalue weighted by molar-refractivity contribution is 5.71. The van der Waals surface area contributed by atoms with Crippen molar-refractivity contribution in [2.75, 3.05) is 13.2 Å². The maximum atomic E-state index is 12.9. The highest BCUT2D eigenvalue weighted by atomic mass is 16.6. The fourth-order valence-electron chi connectivity index (χ4n) is 10.5. The Balaban J connectivity index is 4.14. The molecule has 0 aliphatic rings. The van der Waals surface area contributed by atoms with E-state index in [1.54, 1.807) is 0 Å². The molecule has 0 rings (SSSR count). The van der Waals surface area contributed by atoms with Gasteiger partial charge in [0.05, 0.1) is 0 Å². The predicted octanol–water partition coefficient (Wildman–Crippen LogP) is 25.0. The molecule has 0 aromatic carbocycles. The predicted molar refractivity (Wildman–Crippen MR) is 362 cm³/mol. The molecule has 0 fully saturated rings. The second-order valence-electron chi connectivity index (χ2n) is 24.1. The van der Waals surface area contributed by atoms with E-state index in [1.165, 1.54) is 218 Å². The van der Waals surface area contributed by atoms with E-state index >= 15 is 0 Å². The summed E-state index contributed by atoms with van der Waals surface area (Å²) < 4.78 is 17.0. The van der Waals surface area contributed by atoms with Crippen molar-refractivity contribution >= 4 is 17.9 Å². The molecule has 0 saturated heterocycles. The highest BCUT2D eigenvalue weighted by Crippen LogP contribution is 2.18. The summed E-state index contributed by atoms with van der Waals surface area (Å²) in [4.78, 5) is 38.4. The van der Waals surface area contributed by atoms with Crippen LogP contribution in [0.5, 0.6) is 0 Å². The van der Waals surface area contributed by atoms with Gasteiger partial charge < -0.3 is 14.2 Å². The van der Waals surface area contributed by atoms with Crippen molar-refractivity contribution in [1.29, 1.82) is 0 Å². The number of unbranched alkanes of at least 4 members (excludes halogenated alkanes) is 41. The maximum Gasteiger partial charge on any atom is 0.306 e. The van der Waals surface area contributed by atoms with Crippen LogP contribution in [0.3, 0.4) is 0 Å². The molecule has 1 unspecified atom stereocenters. The molecule has 83 heavy (non-hydrogen) atoms. The normalized spacial score (nSPS) is 12.6. The minimum Gasteiger partial charge on any atom is -0.462 e. The molecule has 1 atom stereocenters. The summed E-state index contributed by atoms with van der Waals surface area (Å²) in [5, 5.41) is 0. The van der Waals surface area contributed by atoms with Gasteiger partial charge >= 0.3 is 17.9 Å². The Morgan fingerprint density at radius 1 is 0.253 bits per heavy atom. The molecule has 0 N–H and O–H groups in total. The number of rotatable bonds is 66. The quantitative estimate of drug-likeness (QED) is 0.0261. The molecule has 0 aliphatic carbocycles. The summed E-state index contributed by atoms with van der Waals surface area (Å²) in [6.45, 7) is 6.55. The van der Waals surface area contributed by atoms with E-state index in [4.69, 9.17) is 14.2 Å². The van der Waals surface area contributed by atoms with Gasteiger partial charge in [-0.25, -0.2) is 0 Å². The molecule has 6 nitrogen and oxygen atoms in total. The summed E-state index contributed by atoms with van der Waals surface area (Å²) in [5.74, 6) is -0.874. The average Bonchev–Trinajstić information content (AvgIpc) is 3.49. The second-order valence-corrected chi connectivity index (χ2v) is 24.1. The molecular formula is C77H136O6. The summed E-state index contributed by atoms with van der Waals surface area (Å²) >= 11 is 0. The first-order valence-corrected chi connectivity index (χ1v) is 36.1. The van der Waals surface area contributed by atoms with Crippen LogP contribution in [-0.4, -0.2) is 37.2 Å². The zero-order chi connectivity index (χ0) is 59.9. The van der Waals surface area contributed by atoms with Crippen LogP contribution >= 0.6 is 0 Å². The van der Waals surface area contributed by atoms with Gasteiger partial charge in [-0.15, -0.1) is 0 Å². The molecule has 0 aromatic rings. The fraction of sp³-hybridized carbons (Fsp3) is 0.779. The van der Waals surface area contributed by atoms with E-state index in [2.05, 4.69) is 106 Å². The Bertz CT molecular complexity index is 1570. The SMILES string of the molecule is CC/C=C\C/C=C\C/C=C\C/C=C\C/C=C\CCCCCCCCCCCCCCCCCCCCCC(=O)OCC(COC(=O)CCCCCCC/C=C\CCCCCCCC)OC(=O)CCCCCCC/C=C\CCCCCCCC. The smallest absolute Gasteiger partial charge is 0.306 e. The van der Waals surface area contributed by atoms with Gasteiger partial charge in [0.15, 0.2) is 6.10 Å². The van der Waals surface area contributed by atoms with E-state index in [0.717, 1.165) is 109 Å². The van der Waals surface area contributed by atoms with Crippen LogP contribution in [0.2, 0.25) is 0 Å². The van der Waals surface area contributed by atoms with Crippen molar-refractivity contribution in [3.8, 4) is 0 Å². The van der Waals surface area contributed by atoms with Gasteiger partial charge in [-0.2, -0.15) is 0 Å². The van der Waals surface area contributed by atoms with Crippen LogP contribution in [0.25, 0.3) is 0 Å². The van der Waals surface area contributed by atoms with E-state index in [0.29, 0.717) is 19.3 Å². The van der Waals surface area contributed by atoms with E-state index in [9.17, 15) is 14.4 Å². The van der Waals surface area contributed by atoms with Gasteiger partial charge in [-0.1, -0.05) is 318 Å². The number of carbonyl (C=O) groups excluding carboxylic acids is 3. The van der Waals surface area contributed by atoms with Crippen LogP contribution in [0, 0.1) is 0 Å². The van der Waals surface area contributed by atoms with Gasteiger partial charge in [-0.3, -0.25) is 14.4 Å². The first-order valence-electron chi connectivity index (χ1n) is 36.1. The minimum atomic E-state index is -0.782. The summed E-state index contributed by atoms with van der Waals surface area (Å²) in [5.41, 5.74) is 0. The topological polar surface area (TPSA) is 78.9 Å². The van der Waals surface area contributed by atoms with Crippen LogP contribution in [0.1, 0.15) is 367 Å². The molecule has 0 aromatic heterocycles. The molecule has 6 heteroatoms. The van der Waals surface area contributed by atoms with Gasteiger partial charge in [0, 0.05) is 19.3 Å². The Kier molecular flexibility index (Phi) is 68.2. The van der Waals surface area contributed by atoms with E-state index in [-0.39, 0.29) is 31.1 Å². The number of allylic oxidation sites excluding steroid dienone is 14. The second kappa shape index (κ2) is 71.1. The third-order valence-corrected chi connectivity index (χ3v) is 15.9. The minimum absolute atomic E-state index is 0.0774. The Labute approximate surface area is 515 Å². The number of hydrogen-bond acceptors (Lipinski definition) is 6. The Hall–Kier alpha value is -3.41. The standard InChI is InChI=1S/C77H136O6/c1-4-7-10-13-16-19-22-25-28-29-30-31-32-33-34-35-36-37-38-39-40-41-42-43-44-45-46-47-50-52-55-58-61-64-67-70-76(79)82-73-74(83-77(80)71-68-65-62-59-56-53-49-27-24-21-18-15-12-9-6-3)72-81-75(78)69-66-63-60-57-54-51-48-26-23-20-17-14-11-8-5-2/h7,10,16,19,25-28,30-31,33-34,48-49,74H,4-6,8-9,11-15,17-18,20-24,29,32,35-47,50-73H2,1-3H3/b10-7-,19-16-,28-25-,31-30-,34-33-,48-26-,49-27-. The van der Waals surface area contributed by atoms with E-state index in [1.807, 2.05) is 0 Å². The lowest BCUT2D eigenvalue weighted by atomic mass is 10.0. The molecule has 0 bridgehead atoms. The fourth-order valence-corrected chi connectivity index (χ4v) is 10.5. The van der Waals surface area contributed by atoms with Crippen LogP contribution < -0.4 is 0 Å². The summed E-state index contributed by atoms with van der Waals surface area (Å²) in [6.07, 6.45) is 94.8. The Morgan fingerprint density at radius 2 is 0.470 bits per heavy atom. The summed E-state index contributed by atoms with van der Waals surface area (Å²) in [6, 6.07) is 0. The Morgan fingerprint density at radius 3 is 0.747 bits per heavy atom. The van der Waals surface area contributed by atoms with Crippen molar-refractivity contribution < 1.29 is 28.6 Å². The first-order chi connectivity index (χ1) is 41.0. The number of carbonyl (C=O) groups is 3. The molecule has 0 amide bonds. The maximum absolute atomic E-state index is 12.9. The number of hydrogen-bond donors (Lipinski definition) is 0. The van der Waals surface area contributed by atoms with Crippen molar-refractivity contribution in [3.63, 3.8) is 0 Å². The highest BCUT2D eigenvalue weighted by Gasteiger charge is 2.19. The van der Waals surface area contributed by atoms with Crippen LogP contribution in [0.4, 0.5) is 0 Å². The third-order valence-electron chi connectivity index (χ3n) is 15.9. The monoisotopic (exact) mass is 1160 g/mol. The molecular weight excluding hydrogens is 1020 g/mol. The molecule has 0 spiro atoms. The number of ether oxygens (including phenoxy) is 3. The van der Waals surface area contributed by atoms with Crippen molar-refractivity contribution in [1.82, 2.24) is 0 Å². The van der Waals surface area contributed by atoms with Crippen molar-refractivity contribution in [3.05, 3.63) is 85.1 Å². The largest absolute Gasteiger partial charge is 0.462 e. The molecule has 0 radical (unpaired) electrons. The number of esters is 3. The van der Waals surface area contributed by atoms with Crippen LogP contribution in [-0.2, 0) is 28.6 Å². The molecule has 0 heterocycles. The summed E-state index contributed by atoms with van der Waals surface area (Å²) in [7, 11) is 0.